The van der Waals surface area contributed by atoms with Crippen molar-refractivity contribution in [3.63, 3.8) is 0 Å². The van der Waals surface area contributed by atoms with Gasteiger partial charge >= 0.3 is 6.09 Å². The first-order valence-corrected chi connectivity index (χ1v) is 5.76. The van der Waals surface area contributed by atoms with Crippen molar-refractivity contribution in [1.82, 2.24) is 5.32 Å². The van der Waals surface area contributed by atoms with Crippen molar-refractivity contribution < 1.29 is 9.53 Å². The maximum atomic E-state index is 11.3. The number of nitrogens with two attached hydrogens (primary N) is 1. The Morgan fingerprint density at radius 3 is 2.83 bits per heavy atom. The van der Waals surface area contributed by atoms with Gasteiger partial charge in [0.25, 0.3) is 0 Å². The number of carbonyl (C=O) groups is 1. The van der Waals surface area contributed by atoms with Crippen LogP contribution in [0.2, 0.25) is 5.02 Å². The first-order chi connectivity index (χ1) is 7.90. The van der Waals surface area contributed by atoms with Crippen LogP contribution in [-0.2, 0) is 4.74 Å². The summed E-state index contributed by atoms with van der Waals surface area (Å²) in [6, 6.07) is 5.07. The summed E-state index contributed by atoms with van der Waals surface area (Å²) in [4.78, 5) is 11.3. The number of hydrogen-bond donors (Lipinski definition) is 2. The summed E-state index contributed by atoms with van der Waals surface area (Å²) in [5.41, 5.74) is 7.16. The molecule has 0 spiro atoms. The molecule has 1 aliphatic heterocycles. The minimum Gasteiger partial charge on any atom is -0.449 e. The Balaban J connectivity index is 0.00000162. The highest BCUT2D eigenvalue weighted by Crippen LogP contribution is 2.39. The highest BCUT2D eigenvalue weighted by molar-refractivity contribution is 6.30. The number of nitrogen functional groups attached to an aromatic ring is 1. The SMILES string of the molecule is CC1(C)COC(=O)N[C@H]1c1cc(Cl)ccc1N.Cl. The lowest BCUT2D eigenvalue weighted by molar-refractivity contribution is 0.0389. The number of alkyl carbamates (subject to hydrolysis) is 1. The zero-order valence-electron chi connectivity index (χ0n) is 10.2. The lowest BCUT2D eigenvalue weighted by Gasteiger charge is -2.39. The Hall–Kier alpha value is -1.13. The molecule has 1 amide bonds. The van der Waals surface area contributed by atoms with E-state index in [1.165, 1.54) is 0 Å². The summed E-state index contributed by atoms with van der Waals surface area (Å²) in [6.07, 6.45) is -0.422. The van der Waals surface area contributed by atoms with E-state index in [1.54, 1.807) is 18.2 Å². The van der Waals surface area contributed by atoms with Crippen molar-refractivity contribution in [2.24, 2.45) is 5.41 Å². The number of amides is 1. The van der Waals surface area contributed by atoms with Gasteiger partial charge in [0.15, 0.2) is 0 Å². The molecule has 2 rings (SSSR count). The summed E-state index contributed by atoms with van der Waals surface area (Å²) in [5, 5.41) is 3.39. The molecule has 0 saturated carbocycles. The summed E-state index contributed by atoms with van der Waals surface area (Å²) < 4.78 is 4.99. The van der Waals surface area contributed by atoms with Crippen LogP contribution in [0.3, 0.4) is 0 Å². The molecule has 18 heavy (non-hydrogen) atoms. The van der Waals surface area contributed by atoms with Crippen LogP contribution in [0.15, 0.2) is 18.2 Å². The van der Waals surface area contributed by atoms with Gasteiger partial charge in [0, 0.05) is 16.1 Å². The monoisotopic (exact) mass is 290 g/mol. The third-order valence-electron chi connectivity index (χ3n) is 2.98. The molecule has 1 atom stereocenters. The molecule has 0 aliphatic carbocycles. The quantitative estimate of drug-likeness (QED) is 0.781. The van der Waals surface area contributed by atoms with Gasteiger partial charge in [0.1, 0.15) is 6.61 Å². The van der Waals surface area contributed by atoms with Gasteiger partial charge in [-0.1, -0.05) is 25.4 Å². The Bertz CT molecular complexity index is 463. The molecule has 1 aromatic carbocycles. The van der Waals surface area contributed by atoms with Gasteiger partial charge in [0.2, 0.25) is 0 Å². The fourth-order valence-electron chi connectivity index (χ4n) is 1.98. The van der Waals surface area contributed by atoms with E-state index in [4.69, 9.17) is 22.1 Å². The van der Waals surface area contributed by atoms with Crippen molar-refractivity contribution >= 4 is 35.8 Å². The normalized spacial score (nSPS) is 21.5. The number of carbonyl (C=O) groups excluding carboxylic acids is 1. The third-order valence-corrected chi connectivity index (χ3v) is 3.21. The van der Waals surface area contributed by atoms with E-state index in [-0.39, 0.29) is 23.9 Å². The molecule has 0 aromatic heterocycles. The molecule has 0 unspecified atom stereocenters. The van der Waals surface area contributed by atoms with E-state index in [1.807, 2.05) is 13.8 Å². The van der Waals surface area contributed by atoms with E-state index in [2.05, 4.69) is 5.32 Å². The molecule has 6 heteroatoms. The average Bonchev–Trinajstić information content (AvgIpc) is 2.26. The number of ether oxygens (including phenoxy) is 1. The van der Waals surface area contributed by atoms with Gasteiger partial charge in [-0.2, -0.15) is 0 Å². The number of nitrogens with one attached hydrogen (secondary N) is 1. The van der Waals surface area contributed by atoms with Crippen molar-refractivity contribution in [3.05, 3.63) is 28.8 Å². The van der Waals surface area contributed by atoms with E-state index < -0.39 is 6.09 Å². The minimum atomic E-state index is -0.422. The maximum Gasteiger partial charge on any atom is 0.407 e. The van der Waals surface area contributed by atoms with Crippen LogP contribution in [0.5, 0.6) is 0 Å². The van der Waals surface area contributed by atoms with Crippen LogP contribution in [-0.4, -0.2) is 12.7 Å². The predicted octanol–water partition coefficient (Wildman–Crippen LogP) is 3.15. The van der Waals surface area contributed by atoms with Crippen molar-refractivity contribution in [1.29, 1.82) is 0 Å². The second-order valence-corrected chi connectivity index (χ2v) is 5.35. The van der Waals surface area contributed by atoms with E-state index in [0.29, 0.717) is 17.3 Å². The highest BCUT2D eigenvalue weighted by Gasteiger charge is 2.38. The number of rotatable bonds is 1. The van der Waals surface area contributed by atoms with E-state index in [0.717, 1.165) is 5.56 Å². The van der Waals surface area contributed by atoms with Crippen molar-refractivity contribution in [3.8, 4) is 0 Å². The van der Waals surface area contributed by atoms with E-state index in [9.17, 15) is 4.79 Å². The molecular weight excluding hydrogens is 275 g/mol. The lowest BCUT2D eigenvalue weighted by Crippen LogP contribution is -2.47. The number of benzene rings is 1. The summed E-state index contributed by atoms with van der Waals surface area (Å²) >= 11 is 5.97. The molecule has 100 valence electrons. The smallest absolute Gasteiger partial charge is 0.407 e. The molecule has 3 N–H and O–H groups in total. The largest absolute Gasteiger partial charge is 0.449 e. The van der Waals surface area contributed by atoms with Gasteiger partial charge in [-0.15, -0.1) is 12.4 Å². The van der Waals surface area contributed by atoms with Crippen LogP contribution in [0.4, 0.5) is 10.5 Å². The van der Waals surface area contributed by atoms with Gasteiger partial charge in [-0.25, -0.2) is 4.79 Å². The Morgan fingerprint density at radius 2 is 2.17 bits per heavy atom. The van der Waals surface area contributed by atoms with E-state index >= 15 is 0 Å². The molecule has 1 heterocycles. The molecule has 0 radical (unpaired) electrons. The fraction of sp³-hybridized carbons (Fsp3) is 0.417. The predicted molar refractivity (Wildman–Crippen MR) is 74.1 cm³/mol. The molecule has 1 fully saturated rings. The zero-order valence-corrected chi connectivity index (χ0v) is 11.8. The van der Waals surface area contributed by atoms with Crippen molar-refractivity contribution in [2.45, 2.75) is 19.9 Å². The fourth-order valence-corrected chi connectivity index (χ4v) is 2.16. The molecular formula is C12H16Cl2N2O2. The van der Waals surface area contributed by atoms with Crippen LogP contribution in [0, 0.1) is 5.41 Å². The van der Waals surface area contributed by atoms with Gasteiger partial charge in [-0.3, -0.25) is 0 Å². The number of anilines is 1. The Labute approximate surface area is 117 Å². The number of hydrogen-bond acceptors (Lipinski definition) is 3. The first kappa shape index (κ1) is 14.9. The van der Waals surface area contributed by atoms with Crippen LogP contribution in [0.25, 0.3) is 0 Å². The number of halogens is 2. The molecule has 4 nitrogen and oxygen atoms in total. The molecule has 1 saturated heterocycles. The van der Waals surface area contributed by atoms with Crippen LogP contribution >= 0.6 is 24.0 Å². The van der Waals surface area contributed by atoms with Gasteiger partial charge < -0.3 is 15.8 Å². The topological polar surface area (TPSA) is 64.3 Å². The Morgan fingerprint density at radius 1 is 1.50 bits per heavy atom. The standard InChI is InChI=1S/C12H15ClN2O2.ClH/c1-12(2)6-17-11(16)15-10(12)8-5-7(13)3-4-9(8)14;/h3-5,10H,6,14H2,1-2H3,(H,15,16);1H/t10-;/m0./s1. The summed E-state index contributed by atoms with van der Waals surface area (Å²) in [6.45, 7) is 4.38. The maximum absolute atomic E-state index is 11.3. The van der Waals surface area contributed by atoms with Crippen LogP contribution < -0.4 is 11.1 Å². The van der Waals surface area contributed by atoms with Crippen LogP contribution in [0.1, 0.15) is 25.5 Å². The highest BCUT2D eigenvalue weighted by atomic mass is 35.5. The average molecular weight is 291 g/mol. The van der Waals surface area contributed by atoms with Crippen molar-refractivity contribution in [2.75, 3.05) is 12.3 Å². The molecule has 0 bridgehead atoms. The summed E-state index contributed by atoms with van der Waals surface area (Å²) in [7, 11) is 0. The first-order valence-electron chi connectivity index (χ1n) is 5.38. The van der Waals surface area contributed by atoms with Gasteiger partial charge in [-0.05, 0) is 23.8 Å². The number of cyclic esters (lactones) is 1. The minimum absolute atomic E-state index is 0. The second kappa shape index (κ2) is 5.24. The third kappa shape index (κ3) is 2.82. The second-order valence-electron chi connectivity index (χ2n) is 4.92. The zero-order chi connectivity index (χ0) is 12.6. The molecule has 1 aromatic rings. The van der Waals surface area contributed by atoms with Gasteiger partial charge in [0.05, 0.1) is 6.04 Å². The molecule has 1 aliphatic rings. The summed E-state index contributed by atoms with van der Waals surface area (Å²) in [5.74, 6) is 0. The lowest BCUT2D eigenvalue weighted by atomic mass is 9.80. The Kier molecular flexibility index (Phi) is 4.35.